The number of rotatable bonds is 2. The van der Waals surface area contributed by atoms with E-state index in [1.165, 1.54) is 13.8 Å². The Hall–Kier alpha value is -1.13. The van der Waals surface area contributed by atoms with Gasteiger partial charge in [-0.1, -0.05) is 20.8 Å². The molecular formula is C13H21FO4. The largest absolute Gasteiger partial charge is 0.459 e. The van der Waals surface area contributed by atoms with Crippen LogP contribution in [0.5, 0.6) is 0 Å². The Morgan fingerprint density at radius 1 is 0.833 bits per heavy atom. The molecule has 4 unspecified atom stereocenters. The van der Waals surface area contributed by atoms with E-state index in [1.54, 1.807) is 0 Å². The van der Waals surface area contributed by atoms with Crippen LogP contribution in [-0.4, -0.2) is 30.3 Å². The van der Waals surface area contributed by atoms with Crippen LogP contribution in [0.25, 0.3) is 0 Å². The SMILES string of the molecule is CC(=O)OC1C(C)C(C)C(C)C(OC(C)=O)C1F. The lowest BCUT2D eigenvalue weighted by atomic mass is 9.70. The summed E-state index contributed by atoms with van der Waals surface area (Å²) in [6, 6.07) is 0. The molecule has 4 atom stereocenters. The van der Waals surface area contributed by atoms with E-state index in [4.69, 9.17) is 9.47 Å². The molecule has 1 fully saturated rings. The van der Waals surface area contributed by atoms with Gasteiger partial charge in [-0.2, -0.15) is 0 Å². The second-order valence-electron chi connectivity index (χ2n) is 5.17. The lowest BCUT2D eigenvalue weighted by Crippen LogP contribution is -2.54. The molecule has 5 heteroatoms. The van der Waals surface area contributed by atoms with Crippen LogP contribution < -0.4 is 0 Å². The van der Waals surface area contributed by atoms with Crippen LogP contribution >= 0.6 is 0 Å². The predicted molar refractivity (Wildman–Crippen MR) is 63.5 cm³/mol. The van der Waals surface area contributed by atoms with Gasteiger partial charge < -0.3 is 9.47 Å². The van der Waals surface area contributed by atoms with Gasteiger partial charge in [0.15, 0.2) is 6.17 Å². The smallest absolute Gasteiger partial charge is 0.303 e. The fourth-order valence-electron chi connectivity index (χ4n) is 2.57. The number of alkyl halides is 1. The summed E-state index contributed by atoms with van der Waals surface area (Å²) in [6.45, 7) is 8.16. The fourth-order valence-corrected chi connectivity index (χ4v) is 2.57. The van der Waals surface area contributed by atoms with Gasteiger partial charge in [0.05, 0.1) is 0 Å². The van der Waals surface area contributed by atoms with Gasteiger partial charge in [0.1, 0.15) is 12.2 Å². The molecule has 1 saturated carbocycles. The van der Waals surface area contributed by atoms with E-state index in [9.17, 15) is 14.0 Å². The summed E-state index contributed by atoms with van der Waals surface area (Å²) < 4.78 is 24.4. The highest BCUT2D eigenvalue weighted by Gasteiger charge is 2.49. The van der Waals surface area contributed by atoms with E-state index in [1.807, 2.05) is 20.8 Å². The van der Waals surface area contributed by atoms with Gasteiger partial charge in [0, 0.05) is 13.8 Å². The molecule has 1 aliphatic rings. The number of esters is 2. The fraction of sp³-hybridized carbons (Fsp3) is 0.846. The van der Waals surface area contributed by atoms with Crippen LogP contribution in [0, 0.1) is 17.8 Å². The maximum Gasteiger partial charge on any atom is 0.303 e. The standard InChI is InChI=1S/C13H21FO4/c1-6-7(2)12(17-9(4)15)11(14)13(8(6)3)18-10(5)16/h6-8,11-13H,1-5H3. The normalized spacial score (nSPS) is 40.1. The van der Waals surface area contributed by atoms with Crippen molar-refractivity contribution in [2.45, 2.75) is 53.0 Å². The molecule has 0 saturated heterocycles. The zero-order valence-corrected chi connectivity index (χ0v) is 11.5. The summed E-state index contributed by atoms with van der Waals surface area (Å²) >= 11 is 0. The average molecular weight is 260 g/mol. The van der Waals surface area contributed by atoms with Crippen molar-refractivity contribution >= 4 is 11.9 Å². The highest BCUT2D eigenvalue weighted by atomic mass is 19.1. The molecule has 0 heterocycles. The monoisotopic (exact) mass is 260 g/mol. The van der Waals surface area contributed by atoms with Gasteiger partial charge in [-0.15, -0.1) is 0 Å². The number of halogens is 1. The third-order valence-corrected chi connectivity index (χ3v) is 3.93. The molecule has 4 nitrogen and oxygen atoms in total. The molecule has 0 amide bonds. The van der Waals surface area contributed by atoms with Crippen molar-refractivity contribution in [2.24, 2.45) is 17.8 Å². The molecule has 104 valence electrons. The molecule has 0 spiro atoms. The number of hydrogen-bond acceptors (Lipinski definition) is 4. The van der Waals surface area contributed by atoms with Crippen LogP contribution in [0.1, 0.15) is 34.6 Å². The van der Waals surface area contributed by atoms with Gasteiger partial charge in [0.2, 0.25) is 0 Å². The van der Waals surface area contributed by atoms with E-state index in [2.05, 4.69) is 0 Å². The molecule has 0 aliphatic heterocycles. The zero-order valence-electron chi connectivity index (χ0n) is 11.5. The van der Waals surface area contributed by atoms with E-state index < -0.39 is 30.3 Å². The summed E-state index contributed by atoms with van der Waals surface area (Å²) in [5.74, 6) is -1.14. The molecule has 0 aromatic rings. The molecule has 1 rings (SSSR count). The lowest BCUT2D eigenvalue weighted by Gasteiger charge is -2.44. The first-order chi connectivity index (χ1) is 8.25. The average Bonchev–Trinajstić information content (AvgIpc) is 2.27. The summed E-state index contributed by atoms with van der Waals surface area (Å²) in [5, 5.41) is 0. The number of hydrogen-bond donors (Lipinski definition) is 0. The van der Waals surface area contributed by atoms with Crippen LogP contribution in [0.3, 0.4) is 0 Å². The van der Waals surface area contributed by atoms with Crippen molar-refractivity contribution in [3.05, 3.63) is 0 Å². The Balaban J connectivity index is 2.92. The molecular weight excluding hydrogens is 239 g/mol. The molecule has 18 heavy (non-hydrogen) atoms. The number of ether oxygens (including phenoxy) is 2. The van der Waals surface area contributed by atoms with Crippen molar-refractivity contribution in [3.8, 4) is 0 Å². The summed E-state index contributed by atoms with van der Waals surface area (Å²) in [6.07, 6.45) is -3.17. The quantitative estimate of drug-likeness (QED) is 0.713. The minimum Gasteiger partial charge on any atom is -0.459 e. The first-order valence-electron chi connectivity index (χ1n) is 6.24. The maximum absolute atomic E-state index is 14.4. The van der Waals surface area contributed by atoms with E-state index in [-0.39, 0.29) is 17.8 Å². The van der Waals surface area contributed by atoms with E-state index >= 15 is 0 Å². The Labute approximate surface area is 107 Å². The Morgan fingerprint density at radius 3 is 1.44 bits per heavy atom. The molecule has 1 aliphatic carbocycles. The van der Waals surface area contributed by atoms with Gasteiger partial charge >= 0.3 is 11.9 Å². The Morgan fingerprint density at radius 2 is 1.17 bits per heavy atom. The first-order valence-corrected chi connectivity index (χ1v) is 6.24. The highest BCUT2D eigenvalue weighted by Crippen LogP contribution is 2.39. The lowest BCUT2D eigenvalue weighted by molar-refractivity contribution is -0.184. The van der Waals surface area contributed by atoms with Crippen LogP contribution in [0.2, 0.25) is 0 Å². The zero-order chi connectivity index (χ0) is 14.0. The van der Waals surface area contributed by atoms with Crippen LogP contribution in [0.4, 0.5) is 4.39 Å². The predicted octanol–water partition coefficient (Wildman–Crippen LogP) is 2.11. The Bertz CT molecular complexity index is 301. The third-order valence-electron chi connectivity index (χ3n) is 3.93. The number of carbonyl (C=O) groups is 2. The van der Waals surface area contributed by atoms with E-state index in [0.717, 1.165) is 0 Å². The summed E-state index contributed by atoms with van der Waals surface area (Å²) in [4.78, 5) is 22.0. The maximum atomic E-state index is 14.4. The second-order valence-corrected chi connectivity index (χ2v) is 5.17. The van der Waals surface area contributed by atoms with Gasteiger partial charge in [-0.3, -0.25) is 9.59 Å². The summed E-state index contributed by atoms with van der Waals surface area (Å²) in [5.41, 5.74) is 0. The van der Waals surface area contributed by atoms with Gasteiger partial charge in [-0.05, 0) is 17.8 Å². The van der Waals surface area contributed by atoms with Crippen molar-refractivity contribution in [1.29, 1.82) is 0 Å². The Kier molecular flexibility index (Phi) is 4.71. The number of carbonyl (C=O) groups excluding carboxylic acids is 2. The van der Waals surface area contributed by atoms with Gasteiger partial charge in [-0.25, -0.2) is 4.39 Å². The highest BCUT2D eigenvalue weighted by molar-refractivity contribution is 5.67. The van der Waals surface area contributed by atoms with Crippen LogP contribution in [0.15, 0.2) is 0 Å². The molecule has 0 N–H and O–H groups in total. The van der Waals surface area contributed by atoms with Crippen molar-refractivity contribution in [3.63, 3.8) is 0 Å². The second kappa shape index (κ2) is 5.67. The van der Waals surface area contributed by atoms with Gasteiger partial charge in [0.25, 0.3) is 0 Å². The van der Waals surface area contributed by atoms with Crippen molar-refractivity contribution in [1.82, 2.24) is 0 Å². The summed E-state index contributed by atoms with van der Waals surface area (Å²) in [7, 11) is 0. The third kappa shape index (κ3) is 3.00. The molecule has 0 bridgehead atoms. The van der Waals surface area contributed by atoms with Crippen molar-refractivity contribution in [2.75, 3.05) is 0 Å². The topological polar surface area (TPSA) is 52.6 Å². The van der Waals surface area contributed by atoms with Crippen LogP contribution in [-0.2, 0) is 19.1 Å². The first kappa shape index (κ1) is 14.9. The molecule has 0 radical (unpaired) electrons. The van der Waals surface area contributed by atoms with Crippen molar-refractivity contribution < 1.29 is 23.5 Å². The minimum absolute atomic E-state index is 0.103. The minimum atomic E-state index is -1.47. The molecule has 0 aromatic carbocycles. The molecule has 0 aromatic heterocycles. The van der Waals surface area contributed by atoms with E-state index in [0.29, 0.717) is 0 Å².